The molecule has 1 saturated carbocycles. The lowest BCUT2D eigenvalue weighted by atomic mass is 9.90. The number of imidazole rings is 1. The average Bonchev–Trinajstić information content (AvgIpc) is 3.54. The molecule has 1 saturated heterocycles. The topological polar surface area (TPSA) is 89.9 Å². The molecule has 0 amide bonds. The fourth-order valence-electron chi connectivity index (χ4n) is 5.21. The molecular weight excluding hydrogens is 461 g/mol. The van der Waals surface area contributed by atoms with Crippen molar-refractivity contribution in [1.82, 2.24) is 24.5 Å². The molecule has 0 atom stereocenters. The van der Waals surface area contributed by atoms with Crippen molar-refractivity contribution in [2.45, 2.75) is 57.4 Å². The minimum Gasteiger partial charge on any atom is -0.351 e. The summed E-state index contributed by atoms with van der Waals surface area (Å²) in [6.07, 6.45) is 4.28. The highest BCUT2D eigenvalue weighted by Crippen LogP contribution is 2.37. The first-order chi connectivity index (χ1) is 16.9. The summed E-state index contributed by atoms with van der Waals surface area (Å²) >= 11 is 0. The van der Waals surface area contributed by atoms with E-state index in [2.05, 4.69) is 25.3 Å². The van der Waals surface area contributed by atoms with E-state index in [4.69, 9.17) is 9.47 Å². The van der Waals surface area contributed by atoms with Crippen molar-refractivity contribution in [3.63, 3.8) is 0 Å². The number of aromatic nitrogens is 5. The molecule has 1 aliphatic heterocycles. The van der Waals surface area contributed by atoms with Gasteiger partial charge in [0.1, 0.15) is 17.0 Å². The summed E-state index contributed by atoms with van der Waals surface area (Å²) in [7, 11) is 0. The Balaban J connectivity index is 1.26. The first-order valence-corrected chi connectivity index (χ1v) is 11.7. The van der Waals surface area contributed by atoms with Crippen LogP contribution in [0.15, 0.2) is 24.5 Å². The third-order valence-corrected chi connectivity index (χ3v) is 6.96. The van der Waals surface area contributed by atoms with E-state index in [-0.39, 0.29) is 11.6 Å². The van der Waals surface area contributed by atoms with E-state index >= 15 is 0 Å². The predicted octanol–water partition coefficient (Wildman–Crippen LogP) is 4.78. The van der Waals surface area contributed by atoms with Gasteiger partial charge in [0.05, 0.1) is 25.3 Å². The Morgan fingerprint density at radius 2 is 1.97 bits per heavy atom. The number of rotatable bonds is 5. The Labute approximate surface area is 198 Å². The van der Waals surface area contributed by atoms with Crippen LogP contribution in [-0.2, 0) is 16.0 Å². The van der Waals surface area contributed by atoms with Crippen molar-refractivity contribution in [2.75, 3.05) is 18.5 Å². The average molecular weight is 486 g/mol. The molecule has 0 bridgehead atoms. The van der Waals surface area contributed by atoms with E-state index in [9.17, 15) is 13.2 Å². The third kappa shape index (κ3) is 4.02. The predicted molar refractivity (Wildman–Crippen MR) is 124 cm³/mol. The van der Waals surface area contributed by atoms with Gasteiger partial charge in [-0.2, -0.15) is 4.98 Å². The maximum atomic E-state index is 14.9. The maximum absolute atomic E-state index is 14.9. The summed E-state index contributed by atoms with van der Waals surface area (Å²) in [5.74, 6) is -0.134. The first-order valence-electron chi connectivity index (χ1n) is 11.7. The number of nitrogens with zero attached hydrogens (tertiary/aromatic N) is 4. The third-order valence-electron chi connectivity index (χ3n) is 6.96. The highest BCUT2D eigenvalue weighted by Gasteiger charge is 2.40. The fourth-order valence-corrected chi connectivity index (χ4v) is 5.21. The van der Waals surface area contributed by atoms with Crippen LogP contribution in [0.5, 0.6) is 0 Å². The lowest BCUT2D eigenvalue weighted by Gasteiger charge is -2.35. The Kier molecular flexibility index (Phi) is 5.41. The van der Waals surface area contributed by atoms with E-state index < -0.39 is 24.6 Å². The molecule has 6 rings (SSSR count). The van der Waals surface area contributed by atoms with Crippen LogP contribution >= 0.6 is 0 Å². The van der Waals surface area contributed by atoms with Gasteiger partial charge in [-0.15, -0.1) is 0 Å². The molecule has 8 nitrogen and oxygen atoms in total. The summed E-state index contributed by atoms with van der Waals surface area (Å²) in [6.45, 7) is 2.35. The van der Waals surface area contributed by atoms with Gasteiger partial charge in [-0.05, 0) is 37.5 Å². The molecule has 184 valence electrons. The van der Waals surface area contributed by atoms with Gasteiger partial charge in [0.25, 0.3) is 6.43 Å². The van der Waals surface area contributed by atoms with Crippen molar-refractivity contribution < 1.29 is 22.6 Å². The number of aryl methyl sites for hydroxylation is 1. The van der Waals surface area contributed by atoms with Crippen molar-refractivity contribution in [3.8, 4) is 11.1 Å². The van der Waals surface area contributed by atoms with Crippen LogP contribution in [-0.4, -0.2) is 56.0 Å². The summed E-state index contributed by atoms with van der Waals surface area (Å²) in [5, 5.41) is 4.10. The van der Waals surface area contributed by atoms with Crippen molar-refractivity contribution in [3.05, 3.63) is 36.2 Å². The van der Waals surface area contributed by atoms with Crippen molar-refractivity contribution >= 4 is 28.0 Å². The van der Waals surface area contributed by atoms with E-state index in [1.165, 1.54) is 10.6 Å². The number of alkyl halides is 2. The molecule has 4 heterocycles. The van der Waals surface area contributed by atoms with Crippen LogP contribution in [0, 0.1) is 12.7 Å². The van der Waals surface area contributed by atoms with Gasteiger partial charge in [0.15, 0.2) is 11.6 Å². The minimum atomic E-state index is -2.57. The number of hydrogen-bond acceptors (Lipinski definition) is 6. The Hall–Kier alpha value is -3.18. The zero-order valence-corrected chi connectivity index (χ0v) is 19.2. The summed E-state index contributed by atoms with van der Waals surface area (Å²) in [5.41, 5.74) is 2.24. The van der Waals surface area contributed by atoms with E-state index in [1.807, 2.05) is 0 Å². The monoisotopic (exact) mass is 486 g/mol. The lowest BCUT2D eigenvalue weighted by molar-refractivity contribution is -0.177. The molecule has 35 heavy (non-hydrogen) atoms. The molecule has 0 radical (unpaired) electrons. The molecule has 2 aliphatic rings. The zero-order valence-electron chi connectivity index (χ0n) is 19.2. The molecule has 11 heteroatoms. The maximum Gasteiger partial charge on any atom is 0.256 e. The number of halogens is 3. The van der Waals surface area contributed by atoms with Gasteiger partial charge in [-0.3, -0.25) is 0 Å². The number of nitrogens with one attached hydrogen (secondary N) is 2. The smallest absolute Gasteiger partial charge is 0.256 e. The van der Waals surface area contributed by atoms with E-state index in [1.54, 1.807) is 25.4 Å². The lowest BCUT2D eigenvalue weighted by Crippen LogP contribution is -2.39. The molecule has 4 aromatic rings. The Bertz CT molecular complexity index is 1390. The Morgan fingerprint density at radius 3 is 2.71 bits per heavy atom. The molecule has 0 unspecified atom stereocenters. The normalized spacial score (nSPS) is 18.4. The number of ether oxygens (including phenoxy) is 2. The Morgan fingerprint density at radius 1 is 1.20 bits per heavy atom. The van der Waals surface area contributed by atoms with Gasteiger partial charge in [-0.1, -0.05) is 0 Å². The molecule has 2 N–H and O–H groups in total. The number of benzene rings is 1. The van der Waals surface area contributed by atoms with Gasteiger partial charge in [0, 0.05) is 42.2 Å². The van der Waals surface area contributed by atoms with Crippen LogP contribution in [0.4, 0.5) is 19.1 Å². The number of aromatic amines is 1. The van der Waals surface area contributed by atoms with Crippen LogP contribution < -0.4 is 5.32 Å². The van der Waals surface area contributed by atoms with Crippen molar-refractivity contribution in [2.24, 2.45) is 0 Å². The second kappa shape index (κ2) is 8.49. The summed E-state index contributed by atoms with van der Waals surface area (Å²) in [6, 6.07) is 3.26. The van der Waals surface area contributed by atoms with E-state index in [0.717, 1.165) is 25.7 Å². The van der Waals surface area contributed by atoms with Crippen molar-refractivity contribution in [1.29, 1.82) is 0 Å². The quantitative estimate of drug-likeness (QED) is 0.422. The summed E-state index contributed by atoms with van der Waals surface area (Å²) < 4.78 is 54.0. The molecular formula is C24H25F3N6O2. The number of hydrogen-bond donors (Lipinski definition) is 2. The van der Waals surface area contributed by atoms with Gasteiger partial charge in [0.2, 0.25) is 5.95 Å². The fraction of sp³-hybridized carbons (Fsp3) is 0.458. The number of H-pyrrole nitrogens is 1. The molecule has 2 fully saturated rings. The molecule has 1 spiro atoms. The van der Waals surface area contributed by atoms with Gasteiger partial charge < -0.3 is 24.3 Å². The van der Waals surface area contributed by atoms with Gasteiger partial charge >= 0.3 is 0 Å². The second-order valence-corrected chi connectivity index (χ2v) is 9.17. The van der Waals surface area contributed by atoms with Crippen LogP contribution in [0.25, 0.3) is 33.2 Å². The molecule has 1 aliphatic carbocycles. The largest absolute Gasteiger partial charge is 0.351 e. The molecule has 3 aromatic heterocycles. The minimum absolute atomic E-state index is 0.0807. The standard InChI is InChI=1S/C24H25F3N6O2/c1-13-30-21-18(25)8-14(9-19(21)33(13)12-20(26)27)16-10-28-22-17(16)11-29-23(32-22)31-15-2-4-24(5-3-15)34-6-7-35-24/h8-11,15,20H,2-7,12H2,1H3,(H2,28,29,31,32). The first kappa shape index (κ1) is 22.3. The van der Waals surface area contributed by atoms with Crippen LogP contribution in [0.3, 0.4) is 0 Å². The SMILES string of the molecule is Cc1nc2c(F)cc(-c3c[nH]c4nc(NC5CCC6(CC5)OCCO6)ncc34)cc2n1CC(F)F. The van der Waals surface area contributed by atoms with Crippen LogP contribution in [0.2, 0.25) is 0 Å². The van der Waals surface area contributed by atoms with Crippen LogP contribution in [0.1, 0.15) is 31.5 Å². The highest BCUT2D eigenvalue weighted by molar-refractivity contribution is 5.96. The number of anilines is 1. The second-order valence-electron chi connectivity index (χ2n) is 9.17. The molecule has 1 aromatic carbocycles. The highest BCUT2D eigenvalue weighted by atomic mass is 19.3. The van der Waals surface area contributed by atoms with E-state index in [0.29, 0.717) is 52.7 Å². The summed E-state index contributed by atoms with van der Waals surface area (Å²) in [4.78, 5) is 16.3. The zero-order chi connectivity index (χ0) is 24.2. The van der Waals surface area contributed by atoms with Gasteiger partial charge in [-0.25, -0.2) is 23.1 Å². The number of fused-ring (bicyclic) bond motifs is 2.